The fraction of sp³-hybridized carbons (Fsp3) is 0. The first-order chi connectivity index (χ1) is 9.99. The van der Waals surface area contributed by atoms with Crippen molar-refractivity contribution >= 4 is 52.6 Å². The van der Waals surface area contributed by atoms with Crippen LogP contribution < -0.4 is 11.2 Å². The number of hydrazone groups is 1. The number of nitrogens with zero attached hydrogens (tertiary/aromatic N) is 1. The lowest BCUT2D eigenvalue weighted by Gasteiger charge is -2.04. The first kappa shape index (κ1) is 15.6. The van der Waals surface area contributed by atoms with E-state index in [0.29, 0.717) is 26.9 Å². The van der Waals surface area contributed by atoms with Crippen LogP contribution in [-0.4, -0.2) is 12.1 Å². The molecule has 108 valence electrons. The molecule has 0 saturated carbocycles. The van der Waals surface area contributed by atoms with Gasteiger partial charge in [-0.05, 0) is 36.4 Å². The molecule has 0 fully saturated rings. The number of nitrogens with one attached hydrogen (secondary N) is 1. The molecule has 1 amide bonds. The summed E-state index contributed by atoms with van der Waals surface area (Å²) in [5.41, 5.74) is 9.36. The van der Waals surface area contributed by atoms with Crippen molar-refractivity contribution in [2.75, 3.05) is 5.73 Å². The second kappa shape index (κ2) is 6.80. The van der Waals surface area contributed by atoms with Gasteiger partial charge in [0.25, 0.3) is 5.91 Å². The first-order valence-electron chi connectivity index (χ1n) is 5.81. The van der Waals surface area contributed by atoms with Crippen LogP contribution in [0.1, 0.15) is 15.9 Å². The van der Waals surface area contributed by atoms with E-state index >= 15 is 0 Å². The van der Waals surface area contributed by atoms with E-state index in [1.54, 1.807) is 36.4 Å². The molecule has 0 aliphatic rings. The maximum Gasteiger partial charge on any atom is 0.271 e. The number of rotatable bonds is 3. The smallest absolute Gasteiger partial charge is 0.271 e. The van der Waals surface area contributed by atoms with Gasteiger partial charge in [-0.2, -0.15) is 5.10 Å². The van der Waals surface area contributed by atoms with Crippen LogP contribution in [-0.2, 0) is 0 Å². The summed E-state index contributed by atoms with van der Waals surface area (Å²) in [4.78, 5) is 11.8. The van der Waals surface area contributed by atoms with Crippen molar-refractivity contribution in [2.24, 2.45) is 5.10 Å². The average molecular weight is 343 g/mol. The van der Waals surface area contributed by atoms with Gasteiger partial charge in [-0.25, -0.2) is 5.43 Å². The predicted molar refractivity (Wildman–Crippen MR) is 87.4 cm³/mol. The summed E-state index contributed by atoms with van der Waals surface area (Å²) in [7, 11) is 0. The number of nitrogen functional groups attached to an aromatic ring is 1. The molecule has 0 spiro atoms. The van der Waals surface area contributed by atoms with E-state index in [0.717, 1.165) is 0 Å². The molecule has 21 heavy (non-hydrogen) atoms. The highest BCUT2D eigenvalue weighted by atomic mass is 35.5. The molecule has 0 heterocycles. The summed E-state index contributed by atoms with van der Waals surface area (Å²) >= 11 is 17.9. The second-order valence-corrected chi connectivity index (χ2v) is 5.27. The van der Waals surface area contributed by atoms with Crippen LogP contribution in [0.25, 0.3) is 0 Å². The van der Waals surface area contributed by atoms with Crippen LogP contribution in [0.15, 0.2) is 41.5 Å². The summed E-state index contributed by atoms with van der Waals surface area (Å²) in [5.74, 6) is -0.375. The van der Waals surface area contributed by atoms with Crippen molar-refractivity contribution < 1.29 is 4.79 Å². The van der Waals surface area contributed by atoms with Crippen molar-refractivity contribution in [1.82, 2.24) is 5.43 Å². The van der Waals surface area contributed by atoms with E-state index in [1.807, 2.05) is 0 Å². The molecule has 0 aliphatic carbocycles. The molecule has 0 aromatic heterocycles. The van der Waals surface area contributed by atoms with E-state index in [-0.39, 0.29) is 10.9 Å². The molecule has 3 N–H and O–H groups in total. The molecule has 0 saturated heterocycles. The summed E-state index contributed by atoms with van der Waals surface area (Å²) in [5, 5.41) is 4.83. The van der Waals surface area contributed by atoms with Crippen molar-refractivity contribution in [3.8, 4) is 0 Å². The minimum atomic E-state index is -0.375. The highest BCUT2D eigenvalue weighted by Crippen LogP contribution is 2.29. The third-order valence-electron chi connectivity index (χ3n) is 2.61. The number of anilines is 1. The summed E-state index contributed by atoms with van der Waals surface area (Å²) < 4.78 is 0. The molecule has 4 nitrogen and oxygen atoms in total. The predicted octanol–water partition coefficient (Wildman–Crippen LogP) is 3.99. The van der Waals surface area contributed by atoms with Crippen LogP contribution >= 0.6 is 34.8 Å². The lowest BCUT2D eigenvalue weighted by molar-refractivity contribution is 0.0955. The Morgan fingerprint density at radius 3 is 2.33 bits per heavy atom. The van der Waals surface area contributed by atoms with Crippen LogP contribution in [0, 0.1) is 0 Å². The minimum absolute atomic E-state index is 0.273. The molecule has 0 bridgehead atoms. The van der Waals surface area contributed by atoms with Crippen LogP contribution in [0.2, 0.25) is 15.1 Å². The summed E-state index contributed by atoms with van der Waals surface area (Å²) in [6.45, 7) is 0. The Balaban J connectivity index is 2.11. The van der Waals surface area contributed by atoms with Gasteiger partial charge in [0, 0.05) is 16.8 Å². The van der Waals surface area contributed by atoms with E-state index in [4.69, 9.17) is 40.5 Å². The normalized spacial score (nSPS) is 10.8. The Morgan fingerprint density at radius 2 is 1.67 bits per heavy atom. The molecule has 2 rings (SSSR count). The number of benzene rings is 2. The quantitative estimate of drug-likeness (QED) is 0.383. The number of nitrogens with two attached hydrogens (primary N) is 1. The molecule has 2 aromatic rings. The standard InChI is InChI=1S/C14H10Cl3N3O/c15-11-5-6-12(16)13(17)10(11)7-19-20-14(21)8-1-3-9(18)4-2-8/h1-7H,18H2,(H,20,21)/b19-7-. The first-order valence-corrected chi connectivity index (χ1v) is 6.95. The van der Waals surface area contributed by atoms with Gasteiger partial charge in [0.1, 0.15) is 0 Å². The molecule has 0 radical (unpaired) electrons. The Morgan fingerprint density at radius 1 is 1.05 bits per heavy atom. The van der Waals surface area contributed by atoms with E-state index in [9.17, 15) is 4.79 Å². The van der Waals surface area contributed by atoms with Gasteiger partial charge in [0.2, 0.25) is 0 Å². The number of halogens is 3. The number of carbonyl (C=O) groups is 1. The highest BCUT2D eigenvalue weighted by Gasteiger charge is 2.08. The third-order valence-corrected chi connectivity index (χ3v) is 3.76. The van der Waals surface area contributed by atoms with Crippen LogP contribution in [0.4, 0.5) is 5.69 Å². The lowest BCUT2D eigenvalue weighted by Crippen LogP contribution is -2.17. The number of amides is 1. The fourth-order valence-corrected chi connectivity index (χ4v) is 2.15. The molecule has 0 unspecified atom stereocenters. The lowest BCUT2D eigenvalue weighted by atomic mass is 10.2. The zero-order valence-corrected chi connectivity index (χ0v) is 12.9. The van der Waals surface area contributed by atoms with E-state index in [1.165, 1.54) is 6.21 Å². The van der Waals surface area contributed by atoms with E-state index in [2.05, 4.69) is 10.5 Å². The fourth-order valence-electron chi connectivity index (χ4n) is 1.52. The molecule has 0 aliphatic heterocycles. The second-order valence-electron chi connectivity index (χ2n) is 4.08. The summed E-state index contributed by atoms with van der Waals surface area (Å²) in [6, 6.07) is 9.63. The van der Waals surface area contributed by atoms with Gasteiger partial charge in [-0.1, -0.05) is 34.8 Å². The highest BCUT2D eigenvalue weighted by molar-refractivity contribution is 6.45. The Bertz CT molecular complexity index is 699. The molecular weight excluding hydrogens is 333 g/mol. The molecule has 0 atom stereocenters. The van der Waals surface area contributed by atoms with Crippen molar-refractivity contribution in [3.05, 3.63) is 62.6 Å². The Hall–Kier alpha value is -1.75. The Labute approximate surface area is 136 Å². The topological polar surface area (TPSA) is 67.5 Å². The van der Waals surface area contributed by atoms with Crippen molar-refractivity contribution in [3.63, 3.8) is 0 Å². The minimum Gasteiger partial charge on any atom is -0.399 e. The number of hydrogen-bond acceptors (Lipinski definition) is 3. The van der Waals surface area contributed by atoms with Gasteiger partial charge < -0.3 is 5.73 Å². The third kappa shape index (κ3) is 3.88. The van der Waals surface area contributed by atoms with Gasteiger partial charge in [-0.15, -0.1) is 0 Å². The van der Waals surface area contributed by atoms with Crippen molar-refractivity contribution in [2.45, 2.75) is 0 Å². The van der Waals surface area contributed by atoms with Gasteiger partial charge in [-0.3, -0.25) is 4.79 Å². The van der Waals surface area contributed by atoms with Gasteiger partial charge in [0.05, 0.1) is 21.3 Å². The maximum absolute atomic E-state index is 11.8. The zero-order valence-electron chi connectivity index (χ0n) is 10.6. The number of carbonyl (C=O) groups excluding carboxylic acids is 1. The van der Waals surface area contributed by atoms with E-state index < -0.39 is 0 Å². The Kier molecular flexibility index (Phi) is 5.07. The molecule has 7 heteroatoms. The average Bonchev–Trinajstić information content (AvgIpc) is 2.47. The van der Waals surface area contributed by atoms with Crippen molar-refractivity contribution in [1.29, 1.82) is 0 Å². The zero-order chi connectivity index (χ0) is 15.4. The summed E-state index contributed by atoms with van der Waals surface area (Å²) in [6.07, 6.45) is 1.34. The monoisotopic (exact) mass is 341 g/mol. The van der Waals surface area contributed by atoms with Crippen LogP contribution in [0.3, 0.4) is 0 Å². The molecule has 2 aromatic carbocycles. The maximum atomic E-state index is 11.8. The molecular formula is C14H10Cl3N3O. The van der Waals surface area contributed by atoms with Gasteiger partial charge >= 0.3 is 0 Å². The van der Waals surface area contributed by atoms with Gasteiger partial charge in [0.15, 0.2) is 0 Å². The SMILES string of the molecule is Nc1ccc(C(=O)N/N=C\c2c(Cl)ccc(Cl)c2Cl)cc1. The largest absolute Gasteiger partial charge is 0.399 e. The number of hydrogen-bond donors (Lipinski definition) is 2. The van der Waals surface area contributed by atoms with Crippen LogP contribution in [0.5, 0.6) is 0 Å².